The Bertz CT molecular complexity index is 642. The minimum Gasteiger partial charge on any atom is -0.389 e. The van der Waals surface area contributed by atoms with Crippen LogP contribution in [0.2, 0.25) is 0 Å². The molecule has 0 bridgehead atoms. The molecule has 3 heteroatoms. The van der Waals surface area contributed by atoms with Crippen molar-refractivity contribution in [2.45, 2.75) is 90.8 Å². The van der Waals surface area contributed by atoms with Gasteiger partial charge >= 0.3 is 0 Å². The predicted molar refractivity (Wildman–Crippen MR) is 109 cm³/mol. The van der Waals surface area contributed by atoms with Crippen molar-refractivity contribution in [3.8, 4) is 0 Å². The van der Waals surface area contributed by atoms with Gasteiger partial charge in [-0.15, -0.1) is 0 Å². The highest BCUT2D eigenvalue weighted by atomic mass is 16.3. The Balaban J connectivity index is 1.85. The molecule has 0 radical (unpaired) electrons. The van der Waals surface area contributed by atoms with Gasteiger partial charge in [0, 0.05) is 24.2 Å². The average molecular weight is 375 g/mol. The Kier molecular flexibility index (Phi) is 5.51. The second-order valence-corrected chi connectivity index (χ2v) is 10.4. The minimum atomic E-state index is -0.887. The van der Waals surface area contributed by atoms with E-state index in [9.17, 15) is 15.0 Å². The van der Waals surface area contributed by atoms with Crippen molar-refractivity contribution < 1.29 is 15.0 Å². The summed E-state index contributed by atoms with van der Waals surface area (Å²) < 4.78 is 0. The van der Waals surface area contributed by atoms with Gasteiger partial charge in [-0.3, -0.25) is 4.79 Å². The maximum absolute atomic E-state index is 12.5. The molecule has 3 nitrogen and oxygen atoms in total. The van der Waals surface area contributed by atoms with E-state index in [1.807, 2.05) is 13.0 Å². The Labute approximate surface area is 164 Å². The highest BCUT2D eigenvalue weighted by molar-refractivity contribution is 5.86. The lowest BCUT2D eigenvalue weighted by atomic mass is 9.65. The van der Waals surface area contributed by atoms with Gasteiger partial charge in [0.15, 0.2) is 0 Å². The number of allylic oxidation sites excluding steroid dienone is 3. The van der Waals surface area contributed by atoms with Crippen LogP contribution in [0.25, 0.3) is 0 Å². The molecule has 2 N–H and O–H groups in total. The lowest BCUT2D eigenvalue weighted by Gasteiger charge is -2.43. The van der Waals surface area contributed by atoms with Crippen molar-refractivity contribution in [3.63, 3.8) is 0 Å². The van der Waals surface area contributed by atoms with E-state index in [1.165, 1.54) is 5.57 Å². The number of Topliss-reactive ketones (excluding diaryl/α,β-unsaturated/α-hetero) is 1. The van der Waals surface area contributed by atoms with Crippen LogP contribution in [0.3, 0.4) is 0 Å². The molecule has 7 atom stereocenters. The van der Waals surface area contributed by atoms with Crippen LogP contribution in [0.1, 0.15) is 79.6 Å². The van der Waals surface area contributed by atoms with Crippen LogP contribution in [0.5, 0.6) is 0 Å². The summed E-state index contributed by atoms with van der Waals surface area (Å²) in [4.78, 5) is 12.5. The topological polar surface area (TPSA) is 57.5 Å². The third-order valence-electron chi connectivity index (χ3n) is 8.07. The number of carbonyl (C=O) groups excluding carboxylic acids is 1. The Hall–Kier alpha value is -0.930. The predicted octanol–water partition coefficient (Wildman–Crippen LogP) is 4.82. The molecule has 0 saturated heterocycles. The standard InChI is InChI=1S/C24H38O3/c1-16(2)7-6-8-17(3)24(27)14-13-22(4)12-11-19-18(9-10-21(22)24)20(25)15-23(19,5)26/h7,9-10,17-19,21,26-27H,6,8,11-15H2,1-5H3/b10-9-. The smallest absolute Gasteiger partial charge is 0.142 e. The van der Waals surface area contributed by atoms with E-state index in [2.05, 4.69) is 39.8 Å². The number of hydrogen-bond acceptors (Lipinski definition) is 3. The third kappa shape index (κ3) is 3.70. The summed E-state index contributed by atoms with van der Waals surface area (Å²) in [5.74, 6) is 0.300. The van der Waals surface area contributed by atoms with E-state index in [4.69, 9.17) is 0 Å². The molecule has 0 aromatic carbocycles. The van der Waals surface area contributed by atoms with Gasteiger partial charge in [0.1, 0.15) is 5.78 Å². The number of fused-ring (bicyclic) bond motifs is 2. The zero-order chi connectivity index (χ0) is 20.0. The molecule has 0 heterocycles. The summed E-state index contributed by atoms with van der Waals surface area (Å²) in [6, 6.07) is 0. The fraction of sp³-hybridized carbons (Fsp3) is 0.792. The minimum absolute atomic E-state index is 0.0165. The Morgan fingerprint density at radius 1 is 1.22 bits per heavy atom. The van der Waals surface area contributed by atoms with Crippen LogP contribution in [0.4, 0.5) is 0 Å². The zero-order valence-electron chi connectivity index (χ0n) is 17.8. The molecular weight excluding hydrogens is 336 g/mol. The Morgan fingerprint density at radius 2 is 1.93 bits per heavy atom. The maximum atomic E-state index is 12.5. The number of aliphatic hydroxyl groups is 2. The molecule has 0 spiro atoms. The summed E-state index contributed by atoms with van der Waals surface area (Å²) in [6.45, 7) is 10.5. The molecule has 152 valence electrons. The number of carbonyl (C=O) groups is 1. The summed E-state index contributed by atoms with van der Waals surface area (Å²) >= 11 is 0. The molecule has 27 heavy (non-hydrogen) atoms. The first kappa shape index (κ1) is 20.8. The van der Waals surface area contributed by atoms with Crippen molar-refractivity contribution in [1.82, 2.24) is 0 Å². The van der Waals surface area contributed by atoms with Gasteiger partial charge in [0.05, 0.1) is 11.2 Å². The molecule has 0 aromatic heterocycles. The fourth-order valence-corrected chi connectivity index (χ4v) is 6.17. The number of rotatable bonds is 4. The summed E-state index contributed by atoms with van der Waals surface area (Å²) in [7, 11) is 0. The highest BCUT2D eigenvalue weighted by Crippen LogP contribution is 2.58. The van der Waals surface area contributed by atoms with Gasteiger partial charge in [0.25, 0.3) is 0 Å². The molecule has 0 aliphatic heterocycles. The summed E-state index contributed by atoms with van der Waals surface area (Å²) in [5, 5.41) is 22.4. The van der Waals surface area contributed by atoms with Crippen molar-refractivity contribution in [2.24, 2.45) is 29.1 Å². The van der Waals surface area contributed by atoms with Crippen LogP contribution in [0, 0.1) is 29.1 Å². The second-order valence-electron chi connectivity index (χ2n) is 10.4. The zero-order valence-corrected chi connectivity index (χ0v) is 17.8. The Morgan fingerprint density at radius 3 is 2.59 bits per heavy atom. The monoisotopic (exact) mass is 374 g/mol. The number of ketones is 1. The molecular formula is C24H38O3. The van der Waals surface area contributed by atoms with Crippen LogP contribution < -0.4 is 0 Å². The van der Waals surface area contributed by atoms with E-state index < -0.39 is 11.2 Å². The van der Waals surface area contributed by atoms with Crippen LogP contribution in [-0.2, 0) is 4.79 Å². The molecule has 3 rings (SSSR count). The van der Waals surface area contributed by atoms with Gasteiger partial charge in [-0.2, -0.15) is 0 Å². The first-order valence-corrected chi connectivity index (χ1v) is 10.8. The van der Waals surface area contributed by atoms with Crippen molar-refractivity contribution in [1.29, 1.82) is 0 Å². The molecule has 7 unspecified atom stereocenters. The van der Waals surface area contributed by atoms with Gasteiger partial charge in [-0.25, -0.2) is 0 Å². The van der Waals surface area contributed by atoms with Crippen LogP contribution in [0.15, 0.2) is 23.8 Å². The van der Waals surface area contributed by atoms with Gasteiger partial charge < -0.3 is 10.2 Å². The summed E-state index contributed by atoms with van der Waals surface area (Å²) in [6.07, 6.45) is 12.4. The lowest BCUT2D eigenvalue weighted by molar-refractivity contribution is -0.120. The molecule has 3 aliphatic rings. The first-order valence-electron chi connectivity index (χ1n) is 10.8. The highest BCUT2D eigenvalue weighted by Gasteiger charge is 2.57. The van der Waals surface area contributed by atoms with Crippen molar-refractivity contribution in [2.75, 3.05) is 0 Å². The molecule has 2 fully saturated rings. The van der Waals surface area contributed by atoms with Crippen LogP contribution >= 0.6 is 0 Å². The largest absolute Gasteiger partial charge is 0.389 e. The summed E-state index contributed by atoms with van der Waals surface area (Å²) in [5.41, 5.74) is -0.211. The van der Waals surface area contributed by atoms with E-state index in [0.717, 1.165) is 38.5 Å². The van der Waals surface area contributed by atoms with Gasteiger partial charge in [0.2, 0.25) is 0 Å². The average Bonchev–Trinajstić information content (AvgIpc) is 2.91. The van der Waals surface area contributed by atoms with E-state index in [-0.39, 0.29) is 41.3 Å². The molecule has 0 aromatic rings. The molecule has 3 aliphatic carbocycles. The fourth-order valence-electron chi connectivity index (χ4n) is 6.17. The third-order valence-corrected chi connectivity index (χ3v) is 8.07. The molecule has 0 amide bonds. The SMILES string of the molecule is CC(C)=CCCC(C)C1(O)CCC2(C)CCC3C(/C=C\C21)C(=O)CC3(C)O. The van der Waals surface area contributed by atoms with Crippen LogP contribution in [-0.4, -0.2) is 27.2 Å². The number of hydrogen-bond donors (Lipinski definition) is 2. The van der Waals surface area contributed by atoms with Gasteiger partial charge in [-0.05, 0) is 70.6 Å². The molecule has 2 saturated carbocycles. The van der Waals surface area contributed by atoms with Gasteiger partial charge in [-0.1, -0.05) is 37.6 Å². The normalized spacial score (nSPS) is 46.2. The maximum Gasteiger partial charge on any atom is 0.142 e. The second kappa shape index (κ2) is 7.15. The van der Waals surface area contributed by atoms with E-state index >= 15 is 0 Å². The van der Waals surface area contributed by atoms with E-state index in [1.54, 1.807) is 0 Å². The van der Waals surface area contributed by atoms with Crippen molar-refractivity contribution >= 4 is 5.78 Å². The quantitative estimate of drug-likeness (QED) is 0.694. The first-order chi connectivity index (χ1) is 12.5. The van der Waals surface area contributed by atoms with Crippen molar-refractivity contribution in [3.05, 3.63) is 23.8 Å². The van der Waals surface area contributed by atoms with E-state index in [0.29, 0.717) is 0 Å². The lowest BCUT2D eigenvalue weighted by Crippen LogP contribution is -2.44.